The Hall–Kier alpha value is -2.19. The zero-order valence-corrected chi connectivity index (χ0v) is 11.8. The van der Waals surface area contributed by atoms with Crippen molar-refractivity contribution < 1.29 is 15.0 Å². The topological polar surface area (TPSA) is 107 Å². The van der Waals surface area contributed by atoms with Gasteiger partial charge in [-0.15, -0.1) is 0 Å². The van der Waals surface area contributed by atoms with Gasteiger partial charge in [-0.1, -0.05) is 0 Å². The minimum atomic E-state index is -0.250. The normalized spacial score (nSPS) is 10.2. The van der Waals surface area contributed by atoms with E-state index in [9.17, 15) is 0 Å². The molecule has 0 aliphatic heterocycles. The first-order valence-electron chi connectivity index (χ1n) is 6.67. The molecule has 3 N–H and O–H groups in total. The maximum absolute atomic E-state index is 9.06. The number of H-pyrrole nitrogens is 1. The Kier molecular flexibility index (Phi) is 8.50. The van der Waals surface area contributed by atoms with Crippen LogP contribution in [0.25, 0.3) is 0 Å². The number of carbonyl (C=O) groups is 1. The second-order valence-electron chi connectivity index (χ2n) is 4.26. The van der Waals surface area contributed by atoms with Crippen molar-refractivity contribution in [1.29, 1.82) is 0 Å². The lowest BCUT2D eigenvalue weighted by molar-refractivity contribution is -0.122. The summed E-state index contributed by atoms with van der Waals surface area (Å²) >= 11 is 0. The lowest BCUT2D eigenvalue weighted by atomic mass is 10.3. The van der Waals surface area contributed by atoms with E-state index in [-0.39, 0.29) is 13.1 Å². The summed E-state index contributed by atoms with van der Waals surface area (Å²) in [4.78, 5) is 17.8. The standard InChI is InChI=1S/C12H19N5O.CH2O2/c18-10-9-16(11-12-13-4-5-14-12)6-2-8-17-7-1-3-15-17;2-1-3/h1,3-5,7,18H,2,6,8-11H2,(H,13,14);1H,(H,2,3). The SMILES string of the molecule is O=CO.OCCN(CCCn1cccn1)Cc1ncc[nH]1. The van der Waals surface area contributed by atoms with Crippen LogP contribution in [0.2, 0.25) is 0 Å². The van der Waals surface area contributed by atoms with Gasteiger partial charge in [0.25, 0.3) is 6.47 Å². The monoisotopic (exact) mass is 295 g/mol. The van der Waals surface area contributed by atoms with Crippen LogP contribution in [0.3, 0.4) is 0 Å². The van der Waals surface area contributed by atoms with E-state index in [4.69, 9.17) is 15.0 Å². The second-order valence-corrected chi connectivity index (χ2v) is 4.26. The van der Waals surface area contributed by atoms with Gasteiger partial charge in [-0.2, -0.15) is 5.10 Å². The van der Waals surface area contributed by atoms with Crippen molar-refractivity contribution >= 4 is 6.47 Å². The van der Waals surface area contributed by atoms with E-state index in [1.54, 1.807) is 12.4 Å². The van der Waals surface area contributed by atoms with Crippen LogP contribution in [0.1, 0.15) is 12.2 Å². The lowest BCUT2D eigenvalue weighted by Gasteiger charge is -2.19. The van der Waals surface area contributed by atoms with Crippen LogP contribution in [-0.4, -0.2) is 61.0 Å². The molecule has 2 aromatic heterocycles. The maximum Gasteiger partial charge on any atom is 0.290 e. The van der Waals surface area contributed by atoms with E-state index in [0.29, 0.717) is 6.54 Å². The molecule has 0 saturated heterocycles. The van der Waals surface area contributed by atoms with Gasteiger partial charge < -0.3 is 15.2 Å². The summed E-state index contributed by atoms with van der Waals surface area (Å²) in [5.41, 5.74) is 0. The molecule has 8 heteroatoms. The third kappa shape index (κ3) is 7.23. The Morgan fingerprint density at radius 3 is 2.76 bits per heavy atom. The summed E-state index contributed by atoms with van der Waals surface area (Å²) in [7, 11) is 0. The third-order valence-electron chi connectivity index (χ3n) is 2.77. The lowest BCUT2D eigenvalue weighted by Crippen LogP contribution is -2.28. The number of carboxylic acid groups (broad SMARTS) is 1. The van der Waals surface area contributed by atoms with Crippen molar-refractivity contribution in [2.75, 3.05) is 19.7 Å². The molecule has 21 heavy (non-hydrogen) atoms. The molecule has 0 saturated carbocycles. The van der Waals surface area contributed by atoms with Crippen molar-refractivity contribution in [3.8, 4) is 0 Å². The molecule has 2 rings (SSSR count). The van der Waals surface area contributed by atoms with E-state index < -0.39 is 0 Å². The molecule has 0 fully saturated rings. The summed E-state index contributed by atoms with van der Waals surface area (Å²) in [6.07, 6.45) is 8.31. The van der Waals surface area contributed by atoms with E-state index in [1.807, 2.05) is 23.1 Å². The molecule has 0 bridgehead atoms. The summed E-state index contributed by atoms with van der Waals surface area (Å²) < 4.78 is 1.92. The summed E-state index contributed by atoms with van der Waals surface area (Å²) in [5, 5.41) is 20.1. The van der Waals surface area contributed by atoms with Crippen LogP contribution in [0.5, 0.6) is 0 Å². The molecule has 0 unspecified atom stereocenters. The van der Waals surface area contributed by atoms with Gasteiger partial charge >= 0.3 is 0 Å². The predicted molar refractivity (Wildman–Crippen MR) is 76.5 cm³/mol. The zero-order chi connectivity index (χ0) is 15.3. The van der Waals surface area contributed by atoms with Gasteiger partial charge in [0, 0.05) is 44.4 Å². The Balaban J connectivity index is 0.000000677. The van der Waals surface area contributed by atoms with Gasteiger partial charge in [0.05, 0.1) is 13.2 Å². The number of aromatic amines is 1. The zero-order valence-electron chi connectivity index (χ0n) is 11.8. The van der Waals surface area contributed by atoms with Crippen LogP contribution in [-0.2, 0) is 17.9 Å². The van der Waals surface area contributed by atoms with Crippen molar-refractivity contribution in [3.63, 3.8) is 0 Å². The number of aryl methyl sites for hydroxylation is 1. The summed E-state index contributed by atoms with van der Waals surface area (Å²) in [5.74, 6) is 0.933. The quantitative estimate of drug-likeness (QED) is 0.600. The number of hydrogen-bond acceptors (Lipinski definition) is 5. The number of aromatic nitrogens is 4. The minimum absolute atomic E-state index is 0.169. The van der Waals surface area contributed by atoms with E-state index >= 15 is 0 Å². The Morgan fingerprint density at radius 2 is 2.19 bits per heavy atom. The molecule has 2 heterocycles. The average molecular weight is 295 g/mol. The highest BCUT2D eigenvalue weighted by Gasteiger charge is 2.06. The fraction of sp³-hybridized carbons (Fsp3) is 0.462. The van der Waals surface area contributed by atoms with Gasteiger partial charge in [0.1, 0.15) is 5.82 Å². The molecule has 0 atom stereocenters. The van der Waals surface area contributed by atoms with Crippen molar-refractivity contribution in [2.45, 2.75) is 19.5 Å². The number of nitrogens with one attached hydrogen (secondary N) is 1. The fourth-order valence-electron chi connectivity index (χ4n) is 1.90. The van der Waals surface area contributed by atoms with E-state index in [2.05, 4.69) is 20.0 Å². The predicted octanol–water partition coefficient (Wildman–Crippen LogP) is 0.192. The molecule has 2 aromatic rings. The molecular weight excluding hydrogens is 274 g/mol. The number of rotatable bonds is 8. The largest absolute Gasteiger partial charge is 0.483 e. The second kappa shape index (κ2) is 10.6. The molecular formula is C13H21N5O3. The third-order valence-corrected chi connectivity index (χ3v) is 2.77. The molecule has 0 aliphatic rings. The van der Waals surface area contributed by atoms with Gasteiger partial charge in [-0.05, 0) is 12.5 Å². The smallest absolute Gasteiger partial charge is 0.290 e. The van der Waals surface area contributed by atoms with Crippen LogP contribution < -0.4 is 0 Å². The molecule has 0 spiro atoms. The van der Waals surface area contributed by atoms with Gasteiger partial charge in [-0.3, -0.25) is 14.4 Å². The van der Waals surface area contributed by atoms with Crippen molar-refractivity contribution in [2.24, 2.45) is 0 Å². The first kappa shape index (κ1) is 16.9. The van der Waals surface area contributed by atoms with Gasteiger partial charge in [-0.25, -0.2) is 4.98 Å². The van der Waals surface area contributed by atoms with Gasteiger partial charge in [0.15, 0.2) is 0 Å². The average Bonchev–Trinajstić information content (AvgIpc) is 3.13. The van der Waals surface area contributed by atoms with E-state index in [1.165, 1.54) is 0 Å². The Bertz CT molecular complexity index is 458. The summed E-state index contributed by atoms with van der Waals surface area (Å²) in [6.45, 7) is 3.14. The first-order chi connectivity index (χ1) is 10.3. The number of hydrogen-bond donors (Lipinski definition) is 3. The first-order valence-corrected chi connectivity index (χ1v) is 6.67. The van der Waals surface area contributed by atoms with Gasteiger partial charge in [0.2, 0.25) is 0 Å². The molecule has 0 radical (unpaired) electrons. The summed E-state index contributed by atoms with van der Waals surface area (Å²) in [6, 6.07) is 1.92. The molecule has 8 nitrogen and oxygen atoms in total. The highest BCUT2D eigenvalue weighted by Crippen LogP contribution is 2.00. The fourth-order valence-corrected chi connectivity index (χ4v) is 1.90. The van der Waals surface area contributed by atoms with Crippen LogP contribution in [0.4, 0.5) is 0 Å². The van der Waals surface area contributed by atoms with Crippen LogP contribution in [0.15, 0.2) is 30.9 Å². The molecule has 0 amide bonds. The molecule has 0 aromatic carbocycles. The Morgan fingerprint density at radius 1 is 1.38 bits per heavy atom. The molecule has 0 aliphatic carbocycles. The Labute approximate surface area is 123 Å². The van der Waals surface area contributed by atoms with E-state index in [0.717, 1.165) is 31.9 Å². The van der Waals surface area contributed by atoms with Crippen LogP contribution in [0, 0.1) is 0 Å². The molecule has 116 valence electrons. The highest BCUT2D eigenvalue weighted by atomic mass is 16.3. The van der Waals surface area contributed by atoms with Crippen molar-refractivity contribution in [1.82, 2.24) is 24.6 Å². The number of imidazole rings is 1. The number of aliphatic hydroxyl groups excluding tert-OH is 1. The number of nitrogens with zero attached hydrogens (tertiary/aromatic N) is 4. The highest BCUT2D eigenvalue weighted by molar-refractivity contribution is 5.32. The number of aliphatic hydroxyl groups is 1. The maximum atomic E-state index is 9.06. The van der Waals surface area contributed by atoms with Crippen molar-refractivity contribution in [3.05, 3.63) is 36.7 Å². The minimum Gasteiger partial charge on any atom is -0.483 e. The van der Waals surface area contributed by atoms with Crippen LogP contribution >= 0.6 is 0 Å².